The summed E-state index contributed by atoms with van der Waals surface area (Å²) in [5, 5.41) is 0. The molecular formula is C9H23NSSi. The molecule has 12 heavy (non-hydrogen) atoms. The van der Waals surface area contributed by atoms with Gasteiger partial charge in [-0.15, -0.1) is 0 Å². The quantitative estimate of drug-likeness (QED) is 0.627. The minimum absolute atomic E-state index is 0.362. The topological polar surface area (TPSA) is 3.24 Å². The Morgan fingerprint density at radius 1 is 1.33 bits per heavy atom. The predicted molar refractivity (Wildman–Crippen MR) is 63.6 cm³/mol. The third-order valence-electron chi connectivity index (χ3n) is 2.91. The molecule has 0 spiro atoms. The normalized spacial score (nSPS) is 30.4. The van der Waals surface area contributed by atoms with Crippen molar-refractivity contribution in [1.29, 1.82) is 0 Å². The maximum atomic E-state index is 2.89. The van der Waals surface area contributed by atoms with Gasteiger partial charge in [0.2, 0.25) is 0 Å². The van der Waals surface area contributed by atoms with Crippen molar-refractivity contribution in [3.05, 3.63) is 0 Å². The van der Waals surface area contributed by atoms with Crippen LogP contribution in [-0.2, 0) is 0 Å². The van der Waals surface area contributed by atoms with E-state index in [0.29, 0.717) is 0 Å². The highest BCUT2D eigenvalue weighted by atomic mass is 32.3. The molecule has 0 bridgehead atoms. The highest BCUT2D eigenvalue weighted by molar-refractivity contribution is 8.32. The Labute approximate surface area is 80.1 Å². The van der Waals surface area contributed by atoms with Crippen LogP contribution in [0.15, 0.2) is 0 Å². The van der Waals surface area contributed by atoms with Crippen LogP contribution in [0.25, 0.3) is 0 Å². The fourth-order valence-electron chi connectivity index (χ4n) is 2.16. The van der Waals surface area contributed by atoms with Crippen molar-refractivity contribution < 1.29 is 0 Å². The van der Waals surface area contributed by atoms with E-state index >= 15 is 0 Å². The largest absolute Gasteiger partial charge is 0.288 e. The maximum Gasteiger partial charge on any atom is 0.133 e. The van der Waals surface area contributed by atoms with Crippen molar-refractivity contribution in [2.75, 3.05) is 24.8 Å². The molecule has 0 atom stereocenters. The van der Waals surface area contributed by atoms with E-state index in [2.05, 4.69) is 36.5 Å². The van der Waals surface area contributed by atoms with E-state index in [1.807, 2.05) is 0 Å². The average Bonchev–Trinajstić information content (AvgIpc) is 2.13. The van der Waals surface area contributed by atoms with Crippen LogP contribution in [0.1, 0.15) is 13.3 Å². The van der Waals surface area contributed by atoms with Crippen LogP contribution in [0.4, 0.5) is 0 Å². The maximum absolute atomic E-state index is 2.89. The second-order valence-electron chi connectivity index (χ2n) is 4.85. The van der Waals surface area contributed by atoms with Crippen molar-refractivity contribution in [2.45, 2.75) is 32.5 Å². The molecule has 3 heteroatoms. The zero-order valence-corrected chi connectivity index (χ0v) is 11.0. The van der Waals surface area contributed by atoms with Gasteiger partial charge in [0.05, 0.1) is 0 Å². The van der Waals surface area contributed by atoms with Gasteiger partial charge in [-0.2, -0.15) is 10.2 Å². The van der Waals surface area contributed by atoms with E-state index in [1.165, 1.54) is 24.8 Å². The smallest absolute Gasteiger partial charge is 0.133 e. The molecule has 1 heterocycles. The molecule has 0 aliphatic carbocycles. The van der Waals surface area contributed by atoms with Crippen molar-refractivity contribution in [3.63, 3.8) is 0 Å². The third kappa shape index (κ3) is 1.88. The lowest BCUT2D eigenvalue weighted by atomic mass is 10.5. The lowest BCUT2D eigenvalue weighted by Crippen LogP contribution is -2.43. The molecule has 0 unspecified atom stereocenters. The standard InChI is InChI=1S/C9H23NSSi/c1-6-7-10-11(2,3)8-9-12(10,4)5/h6-9H2,1-5H3. The summed E-state index contributed by atoms with van der Waals surface area (Å²) < 4.78 is 2.89. The fraction of sp³-hybridized carbons (Fsp3) is 1.00. The van der Waals surface area contributed by atoms with Gasteiger partial charge in [0.25, 0.3) is 0 Å². The zero-order valence-electron chi connectivity index (χ0n) is 9.18. The predicted octanol–water partition coefficient (Wildman–Crippen LogP) is 2.90. The first-order valence-electron chi connectivity index (χ1n) is 4.89. The Bertz CT molecular complexity index is 152. The molecule has 1 rings (SSSR count). The van der Waals surface area contributed by atoms with Crippen molar-refractivity contribution in [3.8, 4) is 0 Å². The number of nitrogens with zero attached hydrogens (tertiary/aromatic N) is 1. The number of rotatable bonds is 2. The molecular weight excluding hydrogens is 182 g/mol. The SMILES string of the molecule is CCCN1[Si](C)(C)CCS1(C)C. The summed E-state index contributed by atoms with van der Waals surface area (Å²) in [6.45, 7) is 8.72. The Morgan fingerprint density at radius 3 is 2.25 bits per heavy atom. The van der Waals surface area contributed by atoms with Gasteiger partial charge < -0.3 is 0 Å². The molecule has 0 radical (unpaired) electrons. The summed E-state index contributed by atoms with van der Waals surface area (Å²) >= 11 is 0. The Balaban J connectivity index is 2.74. The molecule has 0 N–H and O–H groups in total. The Hall–Kier alpha value is 0.527. The van der Waals surface area contributed by atoms with E-state index in [1.54, 1.807) is 0 Å². The molecule has 1 nitrogen and oxygen atoms in total. The number of hydrogen-bond acceptors (Lipinski definition) is 1. The monoisotopic (exact) mass is 205 g/mol. The van der Waals surface area contributed by atoms with Crippen LogP contribution in [0, 0.1) is 0 Å². The van der Waals surface area contributed by atoms with Gasteiger partial charge >= 0.3 is 0 Å². The summed E-state index contributed by atoms with van der Waals surface area (Å²) in [6, 6.07) is 1.52. The zero-order chi connectivity index (χ0) is 9.41. The van der Waals surface area contributed by atoms with Crippen LogP contribution in [-0.4, -0.2) is 37.0 Å². The lowest BCUT2D eigenvalue weighted by Gasteiger charge is -2.43. The lowest BCUT2D eigenvalue weighted by molar-refractivity contribution is 0.651. The van der Waals surface area contributed by atoms with Gasteiger partial charge in [-0.3, -0.25) is 3.97 Å². The summed E-state index contributed by atoms with van der Waals surface area (Å²) in [6.07, 6.45) is 6.31. The molecule has 1 saturated heterocycles. The highest BCUT2D eigenvalue weighted by Crippen LogP contribution is 2.55. The molecule has 1 aliphatic heterocycles. The van der Waals surface area contributed by atoms with Gasteiger partial charge in [-0.05, 0) is 30.7 Å². The van der Waals surface area contributed by atoms with Crippen molar-refractivity contribution in [2.24, 2.45) is 0 Å². The van der Waals surface area contributed by atoms with Crippen LogP contribution < -0.4 is 0 Å². The molecule has 1 aliphatic rings. The summed E-state index contributed by atoms with van der Waals surface area (Å²) in [7, 11) is -1.32. The second-order valence-corrected chi connectivity index (χ2v) is 13.6. The van der Waals surface area contributed by atoms with Crippen LogP contribution in [0.3, 0.4) is 0 Å². The highest BCUT2D eigenvalue weighted by Gasteiger charge is 2.42. The van der Waals surface area contributed by atoms with E-state index < -0.39 is 8.24 Å². The average molecular weight is 205 g/mol. The first kappa shape index (κ1) is 10.6. The van der Waals surface area contributed by atoms with E-state index in [0.717, 1.165) is 0 Å². The minimum atomic E-state index is -0.956. The molecule has 0 aromatic heterocycles. The van der Waals surface area contributed by atoms with Crippen molar-refractivity contribution >= 4 is 18.4 Å². The van der Waals surface area contributed by atoms with E-state index in [-0.39, 0.29) is 10.2 Å². The molecule has 0 aromatic carbocycles. The molecule has 1 fully saturated rings. The fourth-order valence-corrected chi connectivity index (χ4v) is 14.0. The van der Waals surface area contributed by atoms with Gasteiger partial charge in [-0.25, -0.2) is 0 Å². The van der Waals surface area contributed by atoms with E-state index in [9.17, 15) is 0 Å². The third-order valence-corrected chi connectivity index (χ3v) is 11.9. The summed E-state index contributed by atoms with van der Waals surface area (Å²) in [4.78, 5) is 0. The summed E-state index contributed by atoms with van der Waals surface area (Å²) in [5.74, 6) is 1.49. The van der Waals surface area contributed by atoms with Crippen LogP contribution >= 0.6 is 10.2 Å². The van der Waals surface area contributed by atoms with Gasteiger partial charge in [0, 0.05) is 6.54 Å². The minimum Gasteiger partial charge on any atom is -0.288 e. The van der Waals surface area contributed by atoms with Gasteiger partial charge in [0.1, 0.15) is 8.24 Å². The van der Waals surface area contributed by atoms with Crippen LogP contribution in [0.2, 0.25) is 19.1 Å². The Kier molecular flexibility index (Phi) is 2.96. The van der Waals surface area contributed by atoms with Crippen molar-refractivity contribution in [1.82, 2.24) is 3.97 Å². The molecule has 74 valence electrons. The van der Waals surface area contributed by atoms with E-state index in [4.69, 9.17) is 0 Å². The molecule has 0 saturated carbocycles. The Morgan fingerprint density at radius 2 is 1.92 bits per heavy atom. The first-order valence-corrected chi connectivity index (χ1v) is 10.6. The van der Waals surface area contributed by atoms with Gasteiger partial charge in [0.15, 0.2) is 0 Å². The molecule has 0 amide bonds. The second kappa shape index (κ2) is 3.35. The number of hydrogen-bond donors (Lipinski definition) is 0. The molecule has 0 aromatic rings. The first-order chi connectivity index (χ1) is 5.40. The van der Waals surface area contributed by atoms with Crippen LogP contribution in [0.5, 0.6) is 0 Å². The summed E-state index contributed by atoms with van der Waals surface area (Å²) in [5.41, 5.74) is 0. The van der Waals surface area contributed by atoms with Gasteiger partial charge in [-0.1, -0.05) is 20.0 Å².